The number of rotatable bonds is 8. The second-order valence-electron chi connectivity index (χ2n) is 9.81. The van der Waals surface area contributed by atoms with Crippen LogP contribution in [0.25, 0.3) is 0 Å². The zero-order valence-electron chi connectivity index (χ0n) is 21.9. The molecule has 2 fully saturated rings. The highest BCUT2D eigenvalue weighted by atomic mass is 19.1. The fraction of sp³-hybridized carbons (Fsp3) is 0.300. The van der Waals surface area contributed by atoms with Crippen LogP contribution in [-0.2, 0) is 22.7 Å². The second-order valence-corrected chi connectivity index (χ2v) is 9.81. The Morgan fingerprint density at radius 1 is 0.974 bits per heavy atom. The Labute approximate surface area is 227 Å². The van der Waals surface area contributed by atoms with E-state index >= 15 is 0 Å². The molecule has 0 bridgehead atoms. The number of nitrogens with zero attached hydrogens (tertiary/aromatic N) is 4. The number of hydrogen-bond acceptors (Lipinski definition) is 4. The summed E-state index contributed by atoms with van der Waals surface area (Å²) in [4.78, 5) is 44.0. The van der Waals surface area contributed by atoms with Crippen molar-refractivity contribution in [3.8, 4) is 0 Å². The van der Waals surface area contributed by atoms with Crippen molar-refractivity contribution in [3.05, 3.63) is 107 Å². The molecule has 2 heterocycles. The quantitative estimate of drug-likeness (QED) is 0.480. The van der Waals surface area contributed by atoms with Crippen LogP contribution in [0.4, 0.5) is 9.18 Å². The first kappa shape index (κ1) is 26.4. The average Bonchev–Trinajstić information content (AvgIpc) is 3.27. The van der Waals surface area contributed by atoms with Crippen molar-refractivity contribution in [2.45, 2.75) is 38.6 Å². The predicted molar refractivity (Wildman–Crippen MR) is 144 cm³/mol. The molecule has 202 valence electrons. The Kier molecular flexibility index (Phi) is 7.88. The van der Waals surface area contributed by atoms with Gasteiger partial charge in [-0.2, -0.15) is 5.01 Å². The van der Waals surface area contributed by atoms with Crippen LogP contribution >= 0.6 is 0 Å². The zero-order valence-corrected chi connectivity index (χ0v) is 21.9. The number of hydrogen-bond donors (Lipinski definition) is 1. The summed E-state index contributed by atoms with van der Waals surface area (Å²) in [6, 6.07) is 23.8. The third-order valence-corrected chi connectivity index (χ3v) is 7.10. The minimum atomic E-state index is -0.841. The summed E-state index contributed by atoms with van der Waals surface area (Å²) in [5, 5.41) is 6.33. The highest BCUT2D eigenvalue weighted by Crippen LogP contribution is 2.36. The molecule has 0 radical (unpaired) electrons. The highest BCUT2D eigenvalue weighted by molar-refractivity contribution is 5.92. The maximum absolute atomic E-state index is 13.9. The lowest BCUT2D eigenvalue weighted by Gasteiger charge is -2.46. The lowest BCUT2D eigenvalue weighted by atomic mass is 10.00. The van der Waals surface area contributed by atoms with Gasteiger partial charge in [0.15, 0.2) is 0 Å². The van der Waals surface area contributed by atoms with Crippen LogP contribution in [0.2, 0.25) is 0 Å². The number of carbonyl (C=O) groups is 3. The molecular formula is C30H32FN5O3. The maximum atomic E-state index is 13.9. The van der Waals surface area contributed by atoms with E-state index in [2.05, 4.69) is 5.32 Å². The van der Waals surface area contributed by atoms with Crippen molar-refractivity contribution in [1.29, 1.82) is 0 Å². The normalized spacial score (nSPS) is 19.2. The number of halogens is 1. The van der Waals surface area contributed by atoms with Gasteiger partial charge in [-0.3, -0.25) is 14.6 Å². The minimum Gasteiger partial charge on any atom is -0.333 e. The smallest absolute Gasteiger partial charge is 0.332 e. The van der Waals surface area contributed by atoms with Gasteiger partial charge in [0.25, 0.3) is 5.91 Å². The van der Waals surface area contributed by atoms with E-state index in [1.807, 2.05) is 67.6 Å². The minimum absolute atomic E-state index is 0.0200. The van der Waals surface area contributed by atoms with Crippen molar-refractivity contribution in [3.63, 3.8) is 0 Å². The van der Waals surface area contributed by atoms with Gasteiger partial charge in [-0.1, -0.05) is 79.7 Å². The number of piperazine rings is 1. The maximum Gasteiger partial charge on any atom is 0.332 e. The Balaban J connectivity index is 1.45. The molecule has 8 nitrogen and oxygen atoms in total. The Morgan fingerprint density at radius 2 is 1.67 bits per heavy atom. The topological polar surface area (TPSA) is 76.2 Å². The van der Waals surface area contributed by atoms with Crippen LogP contribution in [0.5, 0.6) is 0 Å². The van der Waals surface area contributed by atoms with Gasteiger partial charge in [-0.05, 0) is 35.2 Å². The van der Waals surface area contributed by atoms with Gasteiger partial charge in [0.1, 0.15) is 18.0 Å². The number of benzene rings is 3. The summed E-state index contributed by atoms with van der Waals surface area (Å²) in [6.45, 7) is 3.10. The third-order valence-electron chi connectivity index (χ3n) is 7.10. The number of urea groups is 1. The van der Waals surface area contributed by atoms with Gasteiger partial charge in [0.05, 0.1) is 13.1 Å². The second kappa shape index (κ2) is 11.7. The van der Waals surface area contributed by atoms with Crippen LogP contribution in [0, 0.1) is 5.82 Å². The highest BCUT2D eigenvalue weighted by Gasteiger charge is 2.52. The Bertz CT molecular complexity index is 1320. The van der Waals surface area contributed by atoms with Crippen LogP contribution in [-0.4, -0.2) is 63.5 Å². The molecule has 0 spiro atoms. The molecule has 4 amide bonds. The SMILES string of the molecule is CCCN(C(=O)NCc1ccccc1)N1CC(=O)N2[C@@H](c3ccccc3)C(=O)N(Cc3cccc(F)c3)C[C@@H]21. The summed E-state index contributed by atoms with van der Waals surface area (Å²) in [5.41, 5.74) is 2.32. The van der Waals surface area contributed by atoms with E-state index in [9.17, 15) is 18.8 Å². The number of fused-ring (bicyclic) bond motifs is 1. The molecule has 0 aliphatic carbocycles. The Morgan fingerprint density at radius 3 is 2.36 bits per heavy atom. The number of carbonyl (C=O) groups excluding carboxylic acids is 3. The first-order chi connectivity index (χ1) is 19.0. The van der Waals surface area contributed by atoms with Gasteiger partial charge >= 0.3 is 6.03 Å². The molecule has 2 aliphatic heterocycles. The van der Waals surface area contributed by atoms with E-state index in [1.165, 1.54) is 12.1 Å². The van der Waals surface area contributed by atoms with Gasteiger partial charge in [0.2, 0.25) is 5.91 Å². The summed E-state index contributed by atoms with van der Waals surface area (Å²) in [6.07, 6.45) is 0.132. The molecule has 2 atom stereocenters. The van der Waals surface area contributed by atoms with E-state index in [4.69, 9.17) is 0 Å². The van der Waals surface area contributed by atoms with E-state index < -0.39 is 12.2 Å². The van der Waals surface area contributed by atoms with Crippen LogP contribution in [0.3, 0.4) is 0 Å². The fourth-order valence-corrected chi connectivity index (χ4v) is 5.32. The van der Waals surface area contributed by atoms with Gasteiger partial charge < -0.3 is 15.1 Å². The summed E-state index contributed by atoms with van der Waals surface area (Å²) in [5.74, 6) is -0.822. The molecule has 3 aromatic carbocycles. The molecule has 3 aromatic rings. The molecule has 5 rings (SSSR count). The van der Waals surface area contributed by atoms with Crippen molar-refractivity contribution < 1.29 is 18.8 Å². The molecule has 2 aliphatic rings. The molecule has 0 unspecified atom stereocenters. The van der Waals surface area contributed by atoms with Crippen molar-refractivity contribution in [1.82, 2.24) is 25.1 Å². The zero-order chi connectivity index (χ0) is 27.4. The van der Waals surface area contributed by atoms with Crippen molar-refractivity contribution >= 4 is 17.8 Å². The largest absolute Gasteiger partial charge is 0.333 e. The van der Waals surface area contributed by atoms with Gasteiger partial charge in [0, 0.05) is 19.6 Å². The summed E-state index contributed by atoms with van der Waals surface area (Å²) >= 11 is 0. The first-order valence-electron chi connectivity index (χ1n) is 13.2. The monoisotopic (exact) mass is 529 g/mol. The fourth-order valence-electron chi connectivity index (χ4n) is 5.32. The van der Waals surface area contributed by atoms with Gasteiger partial charge in [-0.15, -0.1) is 0 Å². The first-order valence-corrected chi connectivity index (χ1v) is 13.2. The average molecular weight is 530 g/mol. The lowest BCUT2D eigenvalue weighted by Crippen LogP contribution is -2.62. The van der Waals surface area contributed by atoms with E-state index in [0.29, 0.717) is 30.6 Å². The summed E-state index contributed by atoms with van der Waals surface area (Å²) in [7, 11) is 0. The predicted octanol–water partition coefficient (Wildman–Crippen LogP) is 3.92. The number of nitrogens with one attached hydrogen (secondary N) is 1. The molecule has 39 heavy (non-hydrogen) atoms. The van der Waals surface area contributed by atoms with Crippen LogP contribution < -0.4 is 5.32 Å². The molecule has 0 saturated carbocycles. The molecular weight excluding hydrogens is 497 g/mol. The Hall–Kier alpha value is -4.24. The molecule has 1 N–H and O–H groups in total. The summed E-state index contributed by atoms with van der Waals surface area (Å²) < 4.78 is 13.9. The third kappa shape index (κ3) is 5.63. The van der Waals surface area contributed by atoms with Crippen molar-refractivity contribution in [2.75, 3.05) is 19.6 Å². The number of hydrazine groups is 1. The van der Waals surface area contributed by atoms with E-state index in [-0.39, 0.29) is 43.3 Å². The van der Waals surface area contributed by atoms with E-state index in [0.717, 1.165) is 5.56 Å². The van der Waals surface area contributed by atoms with Crippen LogP contribution in [0.15, 0.2) is 84.9 Å². The molecule has 2 saturated heterocycles. The standard InChI is InChI=1S/C30H32FN5O3/c1-2-16-34(30(39)32-18-22-10-5-3-6-11-22)35-21-27(37)36-26(35)20-33(19-23-12-9-15-25(31)17-23)29(38)28(36)24-13-7-4-8-14-24/h3-15,17,26,28H,2,16,18-21H2,1H3,(H,32,39)/t26-,28+/m1/s1. The molecule has 9 heteroatoms. The lowest BCUT2D eigenvalue weighted by molar-refractivity contribution is -0.158. The number of amides is 4. The van der Waals surface area contributed by atoms with E-state index in [1.54, 1.807) is 32.0 Å². The van der Waals surface area contributed by atoms with Crippen molar-refractivity contribution in [2.24, 2.45) is 0 Å². The van der Waals surface area contributed by atoms with Crippen LogP contribution in [0.1, 0.15) is 36.1 Å². The molecule has 0 aromatic heterocycles. The van der Waals surface area contributed by atoms with Gasteiger partial charge in [-0.25, -0.2) is 9.18 Å².